The summed E-state index contributed by atoms with van der Waals surface area (Å²) in [6.07, 6.45) is 3.94. The van der Waals surface area contributed by atoms with Crippen LogP contribution >= 0.6 is 0 Å². The molecule has 2 aliphatic rings. The van der Waals surface area contributed by atoms with Crippen LogP contribution in [0.5, 0.6) is 0 Å². The van der Waals surface area contributed by atoms with Crippen LogP contribution in [0.15, 0.2) is 0 Å². The number of rotatable bonds is 5. The van der Waals surface area contributed by atoms with Gasteiger partial charge in [0, 0.05) is 43.3 Å². The molecule has 2 fully saturated rings. The van der Waals surface area contributed by atoms with E-state index in [-0.39, 0.29) is 11.0 Å². The Morgan fingerprint density at radius 2 is 2.05 bits per heavy atom. The van der Waals surface area contributed by atoms with Crippen molar-refractivity contribution in [1.82, 2.24) is 10.2 Å². The highest BCUT2D eigenvalue weighted by Crippen LogP contribution is 2.31. The fourth-order valence-electron chi connectivity index (χ4n) is 3.63. The molecule has 2 heterocycles. The van der Waals surface area contributed by atoms with Crippen molar-refractivity contribution in [2.45, 2.75) is 64.6 Å². The molecule has 0 aromatic rings. The molecule has 1 N–H and O–H groups in total. The van der Waals surface area contributed by atoms with E-state index in [2.05, 4.69) is 45.0 Å². The van der Waals surface area contributed by atoms with Gasteiger partial charge in [0.25, 0.3) is 0 Å². The van der Waals surface area contributed by atoms with Gasteiger partial charge in [-0.05, 0) is 54.0 Å². The van der Waals surface area contributed by atoms with Gasteiger partial charge in [-0.1, -0.05) is 0 Å². The zero-order valence-corrected chi connectivity index (χ0v) is 14.6. The third-order valence-corrected chi connectivity index (χ3v) is 4.88. The van der Waals surface area contributed by atoms with Crippen LogP contribution in [0.25, 0.3) is 0 Å². The van der Waals surface area contributed by atoms with Crippen molar-refractivity contribution >= 4 is 0 Å². The van der Waals surface area contributed by atoms with E-state index in [1.165, 1.54) is 12.8 Å². The lowest BCUT2D eigenvalue weighted by atomic mass is 9.80. The van der Waals surface area contributed by atoms with Gasteiger partial charge in [0.2, 0.25) is 0 Å². The molecule has 0 bridgehead atoms. The van der Waals surface area contributed by atoms with Crippen LogP contribution in [0.1, 0.15) is 47.0 Å². The van der Waals surface area contributed by atoms with Gasteiger partial charge in [0.05, 0.1) is 12.7 Å². The lowest BCUT2D eigenvalue weighted by molar-refractivity contribution is -0.0352. The van der Waals surface area contributed by atoms with Crippen LogP contribution in [-0.2, 0) is 9.47 Å². The van der Waals surface area contributed by atoms with Gasteiger partial charge in [-0.2, -0.15) is 0 Å². The standard InChI is InChI=1S/C17H34N2O2/c1-14-15(7-10-21-14)19(5)12-17(8-6-9-20-13-17)11-18-16(2,3)4/h14-15,18H,6-13H2,1-5H3. The van der Waals surface area contributed by atoms with Crippen molar-refractivity contribution in [2.24, 2.45) is 5.41 Å². The van der Waals surface area contributed by atoms with E-state index >= 15 is 0 Å². The van der Waals surface area contributed by atoms with Gasteiger partial charge in [-0.25, -0.2) is 0 Å². The maximum Gasteiger partial charge on any atom is 0.0702 e. The van der Waals surface area contributed by atoms with Gasteiger partial charge >= 0.3 is 0 Å². The topological polar surface area (TPSA) is 33.7 Å². The molecule has 2 saturated heterocycles. The van der Waals surface area contributed by atoms with Crippen molar-refractivity contribution in [3.63, 3.8) is 0 Å². The van der Waals surface area contributed by atoms with Gasteiger partial charge in [-0.15, -0.1) is 0 Å². The molecule has 21 heavy (non-hydrogen) atoms. The third-order valence-electron chi connectivity index (χ3n) is 4.88. The highest BCUT2D eigenvalue weighted by Gasteiger charge is 2.38. The Balaban J connectivity index is 1.98. The zero-order valence-electron chi connectivity index (χ0n) is 14.6. The SMILES string of the molecule is CC1OCCC1N(C)CC1(CNC(C)(C)C)CCCOC1. The Labute approximate surface area is 130 Å². The van der Waals surface area contributed by atoms with E-state index in [9.17, 15) is 0 Å². The molecule has 4 nitrogen and oxygen atoms in total. The summed E-state index contributed by atoms with van der Waals surface area (Å²) in [5, 5.41) is 3.70. The molecule has 2 rings (SSSR count). The summed E-state index contributed by atoms with van der Waals surface area (Å²) >= 11 is 0. The third kappa shape index (κ3) is 4.92. The van der Waals surface area contributed by atoms with E-state index in [1.54, 1.807) is 0 Å². The number of nitrogens with zero attached hydrogens (tertiary/aromatic N) is 1. The van der Waals surface area contributed by atoms with Crippen LogP contribution in [0.2, 0.25) is 0 Å². The van der Waals surface area contributed by atoms with Crippen molar-refractivity contribution in [3.05, 3.63) is 0 Å². The first-order valence-electron chi connectivity index (χ1n) is 8.46. The second kappa shape index (κ2) is 6.95. The fraction of sp³-hybridized carbons (Fsp3) is 1.00. The van der Waals surface area contributed by atoms with Gasteiger partial charge in [0.15, 0.2) is 0 Å². The summed E-state index contributed by atoms with van der Waals surface area (Å²) < 4.78 is 11.6. The fourth-order valence-corrected chi connectivity index (χ4v) is 3.63. The predicted octanol–water partition coefficient (Wildman–Crippen LogP) is 2.28. The minimum absolute atomic E-state index is 0.160. The molecule has 124 valence electrons. The first kappa shape index (κ1) is 17.2. The highest BCUT2D eigenvalue weighted by molar-refractivity contribution is 4.92. The molecule has 0 spiro atoms. The number of ether oxygens (including phenoxy) is 2. The lowest BCUT2D eigenvalue weighted by Gasteiger charge is -2.43. The average molecular weight is 298 g/mol. The average Bonchev–Trinajstić information content (AvgIpc) is 2.83. The van der Waals surface area contributed by atoms with Crippen molar-refractivity contribution in [1.29, 1.82) is 0 Å². The van der Waals surface area contributed by atoms with Crippen LogP contribution in [0.4, 0.5) is 0 Å². The van der Waals surface area contributed by atoms with E-state index in [4.69, 9.17) is 9.47 Å². The summed E-state index contributed by atoms with van der Waals surface area (Å²) in [6.45, 7) is 13.7. The Morgan fingerprint density at radius 3 is 2.57 bits per heavy atom. The summed E-state index contributed by atoms with van der Waals surface area (Å²) in [5.74, 6) is 0. The first-order valence-corrected chi connectivity index (χ1v) is 8.46. The second-order valence-corrected chi connectivity index (χ2v) is 8.11. The quantitative estimate of drug-likeness (QED) is 0.844. The van der Waals surface area contributed by atoms with Crippen LogP contribution in [-0.4, -0.2) is 62.5 Å². The van der Waals surface area contributed by atoms with Crippen LogP contribution in [0, 0.1) is 5.41 Å². The predicted molar refractivity (Wildman–Crippen MR) is 86.7 cm³/mol. The zero-order chi connectivity index (χ0) is 15.5. The van der Waals surface area contributed by atoms with E-state index in [0.717, 1.165) is 39.3 Å². The van der Waals surface area contributed by atoms with Gasteiger partial charge in [-0.3, -0.25) is 0 Å². The number of nitrogens with one attached hydrogen (secondary N) is 1. The van der Waals surface area contributed by atoms with Gasteiger partial charge in [0.1, 0.15) is 0 Å². The molecule has 3 unspecified atom stereocenters. The summed E-state index contributed by atoms with van der Waals surface area (Å²) in [5.41, 5.74) is 0.398. The van der Waals surface area contributed by atoms with E-state index < -0.39 is 0 Å². The molecule has 0 aromatic carbocycles. The minimum Gasteiger partial charge on any atom is -0.381 e. The molecule has 0 amide bonds. The monoisotopic (exact) mass is 298 g/mol. The van der Waals surface area contributed by atoms with Crippen molar-refractivity contribution in [3.8, 4) is 0 Å². The number of hydrogen-bond donors (Lipinski definition) is 1. The number of likely N-dealkylation sites (N-methyl/N-ethyl adjacent to an activating group) is 1. The molecule has 2 aliphatic heterocycles. The maximum atomic E-state index is 5.84. The molecule has 0 aromatic heterocycles. The molecule has 0 saturated carbocycles. The Kier molecular flexibility index (Phi) is 5.69. The second-order valence-electron chi connectivity index (χ2n) is 8.11. The molecular formula is C17H34N2O2. The first-order chi connectivity index (χ1) is 9.81. The summed E-state index contributed by atoms with van der Waals surface area (Å²) in [7, 11) is 2.25. The highest BCUT2D eigenvalue weighted by atomic mass is 16.5. The summed E-state index contributed by atoms with van der Waals surface area (Å²) in [4.78, 5) is 2.51. The molecule has 4 heteroatoms. The Morgan fingerprint density at radius 1 is 1.29 bits per heavy atom. The van der Waals surface area contributed by atoms with Crippen LogP contribution in [0.3, 0.4) is 0 Å². The molecular weight excluding hydrogens is 264 g/mol. The Bertz CT molecular complexity index is 321. The van der Waals surface area contributed by atoms with E-state index in [1.807, 2.05) is 0 Å². The number of hydrogen-bond acceptors (Lipinski definition) is 4. The van der Waals surface area contributed by atoms with E-state index in [0.29, 0.717) is 12.1 Å². The van der Waals surface area contributed by atoms with Crippen molar-refractivity contribution in [2.75, 3.05) is 40.0 Å². The lowest BCUT2D eigenvalue weighted by Crippen LogP contribution is -2.54. The smallest absolute Gasteiger partial charge is 0.0702 e. The van der Waals surface area contributed by atoms with Gasteiger partial charge < -0.3 is 19.7 Å². The largest absolute Gasteiger partial charge is 0.381 e. The normalized spacial score (nSPS) is 34.6. The molecule has 0 radical (unpaired) electrons. The maximum absolute atomic E-state index is 5.84. The van der Waals surface area contributed by atoms with Crippen LogP contribution < -0.4 is 5.32 Å². The van der Waals surface area contributed by atoms with Crippen molar-refractivity contribution < 1.29 is 9.47 Å². The molecule has 0 aliphatic carbocycles. The summed E-state index contributed by atoms with van der Waals surface area (Å²) in [6, 6.07) is 0.554. The minimum atomic E-state index is 0.160. The molecule has 3 atom stereocenters. The Hall–Kier alpha value is -0.160.